The van der Waals surface area contributed by atoms with Crippen LogP contribution >= 0.6 is 23.1 Å². The van der Waals surface area contributed by atoms with Crippen LogP contribution in [-0.4, -0.2) is 11.8 Å². The van der Waals surface area contributed by atoms with Crippen molar-refractivity contribution in [3.05, 3.63) is 17.0 Å². The van der Waals surface area contributed by atoms with Crippen molar-refractivity contribution in [1.82, 2.24) is 5.32 Å². The number of fused-ring (bicyclic) bond motifs is 1. The van der Waals surface area contributed by atoms with Crippen LogP contribution in [0.1, 0.15) is 57.6 Å². The Hall–Kier alpha value is 0.0100. The Labute approximate surface area is 125 Å². The van der Waals surface area contributed by atoms with Crippen LogP contribution in [0.5, 0.6) is 0 Å². The second-order valence-electron chi connectivity index (χ2n) is 6.41. The first-order chi connectivity index (χ1) is 9.22. The first-order valence-corrected chi connectivity index (χ1v) is 9.45. The molecule has 3 heteroatoms. The van der Waals surface area contributed by atoms with Crippen molar-refractivity contribution in [2.75, 3.05) is 6.54 Å². The number of nitrogens with one attached hydrogen (secondary N) is 1. The zero-order valence-electron chi connectivity index (χ0n) is 12.0. The van der Waals surface area contributed by atoms with Crippen molar-refractivity contribution < 1.29 is 0 Å². The molecule has 2 atom stereocenters. The van der Waals surface area contributed by atoms with Gasteiger partial charge in [0.15, 0.2) is 0 Å². The summed E-state index contributed by atoms with van der Waals surface area (Å²) < 4.78 is 1.55. The number of hydrogen-bond donors (Lipinski definition) is 1. The van der Waals surface area contributed by atoms with Crippen LogP contribution in [0.25, 0.3) is 0 Å². The van der Waals surface area contributed by atoms with Crippen LogP contribution in [0, 0.1) is 11.8 Å². The van der Waals surface area contributed by atoms with Gasteiger partial charge in [0.25, 0.3) is 0 Å². The molecule has 3 rings (SSSR count). The number of thiophene rings is 1. The zero-order chi connectivity index (χ0) is 13.2. The lowest BCUT2D eigenvalue weighted by Gasteiger charge is -2.31. The topological polar surface area (TPSA) is 12.0 Å². The molecular formula is C16H25NS2. The molecule has 1 aromatic rings. The summed E-state index contributed by atoms with van der Waals surface area (Å²) in [5, 5.41) is 6.89. The largest absolute Gasteiger partial charge is 0.310 e. The van der Waals surface area contributed by atoms with Gasteiger partial charge in [0, 0.05) is 11.3 Å². The van der Waals surface area contributed by atoms with E-state index in [9.17, 15) is 0 Å². The standard InChI is InChI=1S/C16H25NS2/c1-11-3-5-13(6-4-11)10-17-15-9-12(2)19-16-14(15)7-8-18-16/h7-8,11-13,15,17H,3-6,9-10H2,1-2H3/t11?,12-,13?,15?/m0/s1. The predicted molar refractivity (Wildman–Crippen MR) is 86.1 cm³/mol. The molecule has 1 aliphatic heterocycles. The van der Waals surface area contributed by atoms with Crippen molar-refractivity contribution in [1.29, 1.82) is 0 Å². The number of rotatable bonds is 3. The summed E-state index contributed by atoms with van der Waals surface area (Å²) in [6.07, 6.45) is 7.03. The molecule has 1 aliphatic carbocycles. The third-order valence-electron chi connectivity index (χ3n) is 4.70. The molecule has 1 fully saturated rings. The van der Waals surface area contributed by atoms with Crippen LogP contribution < -0.4 is 5.32 Å². The number of hydrogen-bond acceptors (Lipinski definition) is 3. The maximum Gasteiger partial charge on any atom is 0.0649 e. The van der Waals surface area contributed by atoms with Crippen molar-refractivity contribution >= 4 is 23.1 Å². The molecular weight excluding hydrogens is 270 g/mol. The smallest absolute Gasteiger partial charge is 0.0649 e. The third-order valence-corrected chi connectivity index (χ3v) is 7.04. The molecule has 0 radical (unpaired) electrons. The van der Waals surface area contributed by atoms with Crippen molar-refractivity contribution in [2.45, 2.75) is 61.5 Å². The van der Waals surface area contributed by atoms with E-state index < -0.39 is 0 Å². The quantitative estimate of drug-likeness (QED) is 0.833. The minimum Gasteiger partial charge on any atom is -0.310 e. The molecule has 0 aromatic carbocycles. The molecule has 19 heavy (non-hydrogen) atoms. The molecule has 2 heterocycles. The fourth-order valence-electron chi connectivity index (χ4n) is 3.38. The lowest BCUT2D eigenvalue weighted by atomic mass is 9.83. The second-order valence-corrected chi connectivity index (χ2v) is 9.04. The van der Waals surface area contributed by atoms with Crippen LogP contribution in [0.15, 0.2) is 15.7 Å². The van der Waals surface area contributed by atoms with Crippen molar-refractivity contribution in [2.24, 2.45) is 11.8 Å². The summed E-state index contributed by atoms with van der Waals surface area (Å²) in [6, 6.07) is 2.94. The van der Waals surface area contributed by atoms with Gasteiger partial charge < -0.3 is 5.32 Å². The fourth-order valence-corrected chi connectivity index (χ4v) is 5.95. The van der Waals surface area contributed by atoms with E-state index in [0.29, 0.717) is 6.04 Å². The molecule has 1 N–H and O–H groups in total. The SMILES string of the molecule is CC1CCC(CNC2C[C@H](C)Sc3sccc32)CC1. The predicted octanol–water partition coefficient (Wildman–Crippen LogP) is 5.09. The summed E-state index contributed by atoms with van der Waals surface area (Å²) in [5.74, 6) is 1.88. The van der Waals surface area contributed by atoms with Crippen molar-refractivity contribution in [3.63, 3.8) is 0 Å². The molecule has 1 saturated carbocycles. The van der Waals surface area contributed by atoms with Gasteiger partial charge in [0.05, 0.1) is 4.21 Å². The van der Waals surface area contributed by atoms with E-state index in [1.807, 2.05) is 11.3 Å². The molecule has 0 bridgehead atoms. The molecule has 2 aliphatic rings. The first kappa shape index (κ1) is 14.0. The average molecular weight is 296 g/mol. The molecule has 1 nitrogen and oxygen atoms in total. The molecule has 0 saturated heterocycles. The highest BCUT2D eigenvalue weighted by Crippen LogP contribution is 2.43. The van der Waals surface area contributed by atoms with Gasteiger partial charge >= 0.3 is 0 Å². The highest BCUT2D eigenvalue weighted by molar-refractivity contribution is 8.01. The Morgan fingerprint density at radius 1 is 1.21 bits per heavy atom. The van der Waals surface area contributed by atoms with Gasteiger partial charge in [0.1, 0.15) is 0 Å². The third kappa shape index (κ3) is 3.37. The van der Waals surface area contributed by atoms with Crippen LogP contribution in [0.3, 0.4) is 0 Å². The average Bonchev–Trinajstić information content (AvgIpc) is 2.85. The summed E-state index contributed by atoms with van der Waals surface area (Å²) in [4.78, 5) is 0. The highest BCUT2D eigenvalue weighted by Gasteiger charge is 2.27. The lowest BCUT2D eigenvalue weighted by Crippen LogP contribution is -2.32. The second kappa shape index (κ2) is 6.19. The van der Waals surface area contributed by atoms with E-state index in [4.69, 9.17) is 0 Å². The van der Waals surface area contributed by atoms with Gasteiger partial charge in [-0.2, -0.15) is 0 Å². The van der Waals surface area contributed by atoms with E-state index in [-0.39, 0.29) is 0 Å². The maximum absolute atomic E-state index is 3.87. The summed E-state index contributed by atoms with van der Waals surface area (Å²) >= 11 is 3.98. The summed E-state index contributed by atoms with van der Waals surface area (Å²) in [6.45, 7) is 6.00. The van der Waals surface area contributed by atoms with E-state index in [2.05, 4.69) is 42.4 Å². The van der Waals surface area contributed by atoms with E-state index >= 15 is 0 Å². The van der Waals surface area contributed by atoms with Gasteiger partial charge in [0.2, 0.25) is 0 Å². The summed E-state index contributed by atoms with van der Waals surface area (Å²) in [7, 11) is 0. The van der Waals surface area contributed by atoms with Crippen LogP contribution in [0.4, 0.5) is 0 Å². The molecule has 106 valence electrons. The Bertz CT molecular complexity index is 407. The normalized spacial score (nSPS) is 35.1. The van der Waals surface area contributed by atoms with Gasteiger partial charge in [-0.1, -0.05) is 26.7 Å². The Kier molecular flexibility index (Phi) is 4.55. The fraction of sp³-hybridized carbons (Fsp3) is 0.750. The van der Waals surface area contributed by atoms with Gasteiger partial charge in [-0.05, 0) is 54.7 Å². The Balaban J connectivity index is 1.56. The van der Waals surface area contributed by atoms with E-state index in [1.165, 1.54) is 38.6 Å². The first-order valence-electron chi connectivity index (χ1n) is 7.70. The van der Waals surface area contributed by atoms with Crippen LogP contribution in [0.2, 0.25) is 0 Å². The van der Waals surface area contributed by atoms with Gasteiger partial charge in [-0.25, -0.2) is 0 Å². The minimum atomic E-state index is 0.608. The van der Waals surface area contributed by atoms with E-state index in [0.717, 1.165) is 17.1 Å². The Morgan fingerprint density at radius 3 is 2.79 bits per heavy atom. The minimum absolute atomic E-state index is 0.608. The molecule has 0 amide bonds. The molecule has 0 spiro atoms. The monoisotopic (exact) mass is 295 g/mol. The van der Waals surface area contributed by atoms with Crippen LogP contribution in [-0.2, 0) is 0 Å². The Morgan fingerprint density at radius 2 is 2.00 bits per heavy atom. The molecule has 1 unspecified atom stereocenters. The molecule has 1 aromatic heterocycles. The van der Waals surface area contributed by atoms with Gasteiger partial charge in [-0.15, -0.1) is 23.1 Å². The van der Waals surface area contributed by atoms with Gasteiger partial charge in [-0.3, -0.25) is 0 Å². The highest BCUT2D eigenvalue weighted by atomic mass is 32.2. The van der Waals surface area contributed by atoms with Crippen molar-refractivity contribution in [3.8, 4) is 0 Å². The van der Waals surface area contributed by atoms with E-state index in [1.54, 1.807) is 9.77 Å². The zero-order valence-corrected chi connectivity index (χ0v) is 13.7. The number of thioether (sulfide) groups is 1. The summed E-state index contributed by atoms with van der Waals surface area (Å²) in [5.41, 5.74) is 1.57. The maximum atomic E-state index is 3.87. The lowest BCUT2D eigenvalue weighted by molar-refractivity contribution is 0.272.